The van der Waals surface area contributed by atoms with Crippen molar-refractivity contribution in [2.24, 2.45) is 5.73 Å². The number of hydrogen-bond donors (Lipinski definition) is 1. The SMILES string of the molecule is NC(=O)CCN(Cc1ccccc1)C(=O)COc1cc2oc(=O)cc(-c3ccccc3)c2cc1Cl. The van der Waals surface area contributed by atoms with Crippen LogP contribution in [-0.2, 0) is 16.1 Å². The third-order valence-corrected chi connectivity index (χ3v) is 5.73. The maximum atomic E-state index is 12.9. The lowest BCUT2D eigenvalue weighted by atomic mass is 10.0. The Balaban J connectivity index is 1.56. The summed E-state index contributed by atoms with van der Waals surface area (Å²) in [4.78, 5) is 37.9. The molecule has 0 saturated heterocycles. The number of amides is 2. The zero-order valence-electron chi connectivity index (χ0n) is 18.8. The second-order valence-electron chi connectivity index (χ2n) is 7.93. The quantitative estimate of drug-likeness (QED) is 0.350. The van der Waals surface area contributed by atoms with Gasteiger partial charge in [-0.1, -0.05) is 72.3 Å². The molecule has 2 amide bonds. The van der Waals surface area contributed by atoms with Gasteiger partial charge in [0.15, 0.2) is 6.61 Å². The zero-order valence-corrected chi connectivity index (χ0v) is 19.5. The molecule has 4 aromatic rings. The van der Waals surface area contributed by atoms with Crippen LogP contribution in [0.25, 0.3) is 22.1 Å². The van der Waals surface area contributed by atoms with Crippen LogP contribution >= 0.6 is 11.6 Å². The Morgan fingerprint density at radius 3 is 2.34 bits per heavy atom. The van der Waals surface area contributed by atoms with Gasteiger partial charge in [0.25, 0.3) is 5.91 Å². The molecule has 0 fully saturated rings. The maximum absolute atomic E-state index is 12.9. The van der Waals surface area contributed by atoms with E-state index in [4.69, 9.17) is 26.5 Å². The first-order valence-corrected chi connectivity index (χ1v) is 11.3. The first-order valence-electron chi connectivity index (χ1n) is 11.0. The lowest BCUT2D eigenvalue weighted by Crippen LogP contribution is -2.36. The van der Waals surface area contributed by atoms with Gasteiger partial charge in [-0.15, -0.1) is 0 Å². The van der Waals surface area contributed by atoms with Gasteiger partial charge in [0, 0.05) is 37.0 Å². The Morgan fingerprint density at radius 1 is 0.971 bits per heavy atom. The van der Waals surface area contributed by atoms with Crippen molar-refractivity contribution < 1.29 is 18.7 Å². The number of fused-ring (bicyclic) bond motifs is 1. The van der Waals surface area contributed by atoms with E-state index in [1.807, 2.05) is 60.7 Å². The lowest BCUT2D eigenvalue weighted by molar-refractivity contribution is -0.134. The number of benzene rings is 3. The number of nitrogens with two attached hydrogens (primary N) is 1. The fraction of sp³-hybridized carbons (Fsp3) is 0.148. The Morgan fingerprint density at radius 2 is 1.66 bits per heavy atom. The van der Waals surface area contributed by atoms with Crippen molar-refractivity contribution in [3.63, 3.8) is 0 Å². The molecule has 1 aromatic heterocycles. The van der Waals surface area contributed by atoms with Gasteiger partial charge in [0.2, 0.25) is 5.91 Å². The molecule has 2 N–H and O–H groups in total. The minimum absolute atomic E-state index is 0.0305. The molecule has 0 radical (unpaired) electrons. The molecule has 0 atom stereocenters. The molecule has 8 heteroatoms. The van der Waals surface area contributed by atoms with Crippen LogP contribution in [0.2, 0.25) is 5.02 Å². The van der Waals surface area contributed by atoms with E-state index >= 15 is 0 Å². The number of hydrogen-bond acceptors (Lipinski definition) is 5. The average Bonchev–Trinajstić information content (AvgIpc) is 2.86. The predicted octanol–water partition coefficient (Wildman–Crippen LogP) is 4.40. The van der Waals surface area contributed by atoms with Gasteiger partial charge in [-0.3, -0.25) is 9.59 Å². The van der Waals surface area contributed by atoms with E-state index in [0.717, 1.165) is 11.1 Å². The summed E-state index contributed by atoms with van der Waals surface area (Å²) in [6, 6.07) is 23.4. The number of primary amides is 1. The predicted molar refractivity (Wildman–Crippen MR) is 134 cm³/mol. The van der Waals surface area contributed by atoms with Gasteiger partial charge in [0.05, 0.1) is 5.02 Å². The molecule has 0 aliphatic rings. The molecule has 0 spiro atoms. The monoisotopic (exact) mass is 490 g/mol. The Hall–Kier alpha value is -4.10. The van der Waals surface area contributed by atoms with E-state index in [0.29, 0.717) is 17.5 Å². The van der Waals surface area contributed by atoms with Gasteiger partial charge >= 0.3 is 5.63 Å². The summed E-state index contributed by atoms with van der Waals surface area (Å²) in [7, 11) is 0. The van der Waals surface area contributed by atoms with Gasteiger partial charge in [0.1, 0.15) is 11.3 Å². The summed E-state index contributed by atoms with van der Waals surface area (Å²) in [5.74, 6) is -0.639. The summed E-state index contributed by atoms with van der Waals surface area (Å²) in [5, 5.41) is 0.912. The van der Waals surface area contributed by atoms with Gasteiger partial charge in [-0.2, -0.15) is 0 Å². The first-order chi connectivity index (χ1) is 16.9. The van der Waals surface area contributed by atoms with Crippen LogP contribution in [0.1, 0.15) is 12.0 Å². The second-order valence-corrected chi connectivity index (χ2v) is 8.34. The molecular weight excluding hydrogens is 468 g/mol. The second kappa shape index (κ2) is 10.9. The lowest BCUT2D eigenvalue weighted by Gasteiger charge is -2.22. The van der Waals surface area contributed by atoms with E-state index in [1.165, 1.54) is 17.0 Å². The Labute approximate surface area is 206 Å². The summed E-state index contributed by atoms with van der Waals surface area (Å²) in [6.45, 7) is 0.143. The normalized spacial score (nSPS) is 10.8. The summed E-state index contributed by atoms with van der Waals surface area (Å²) in [5.41, 5.74) is 7.49. The maximum Gasteiger partial charge on any atom is 0.336 e. The van der Waals surface area contributed by atoms with Crippen molar-refractivity contribution in [1.82, 2.24) is 4.90 Å². The van der Waals surface area contributed by atoms with Crippen LogP contribution in [-0.4, -0.2) is 29.9 Å². The molecule has 35 heavy (non-hydrogen) atoms. The number of nitrogens with zero attached hydrogens (tertiary/aromatic N) is 1. The fourth-order valence-electron chi connectivity index (χ4n) is 3.70. The standard InChI is InChI=1S/C27H23ClN2O5/c28-22-13-21-20(19-9-5-2-6-10-19)14-27(33)35-23(21)15-24(22)34-17-26(32)30(12-11-25(29)31)16-18-7-3-1-4-8-18/h1-10,13-15H,11-12,16-17H2,(H2,29,31). The molecule has 0 bridgehead atoms. The van der Waals surface area contributed by atoms with Gasteiger partial charge in [-0.05, 0) is 22.8 Å². The van der Waals surface area contributed by atoms with Crippen molar-refractivity contribution in [1.29, 1.82) is 0 Å². The van der Waals surface area contributed by atoms with Crippen molar-refractivity contribution in [3.8, 4) is 16.9 Å². The van der Waals surface area contributed by atoms with Crippen LogP contribution in [0.5, 0.6) is 5.75 Å². The van der Waals surface area contributed by atoms with Crippen LogP contribution < -0.4 is 16.1 Å². The largest absolute Gasteiger partial charge is 0.482 e. The average molecular weight is 491 g/mol. The first kappa shape index (κ1) is 24.0. The highest BCUT2D eigenvalue weighted by Gasteiger charge is 2.18. The molecular formula is C27H23ClN2O5. The minimum Gasteiger partial charge on any atom is -0.482 e. The molecule has 0 saturated carbocycles. The van der Waals surface area contributed by atoms with Gasteiger partial charge < -0.3 is 19.8 Å². The number of carbonyl (C=O) groups is 2. The van der Waals surface area contributed by atoms with Crippen LogP contribution in [0.3, 0.4) is 0 Å². The molecule has 0 aliphatic carbocycles. The van der Waals surface area contributed by atoms with E-state index in [2.05, 4.69) is 0 Å². The van der Waals surface area contributed by atoms with Crippen LogP contribution in [0.4, 0.5) is 0 Å². The van der Waals surface area contributed by atoms with Crippen molar-refractivity contribution in [2.75, 3.05) is 13.2 Å². The molecule has 4 rings (SSSR count). The van der Waals surface area contributed by atoms with E-state index in [-0.39, 0.29) is 41.8 Å². The molecule has 3 aromatic carbocycles. The van der Waals surface area contributed by atoms with E-state index in [9.17, 15) is 14.4 Å². The summed E-state index contributed by atoms with van der Waals surface area (Å²) in [6.07, 6.45) is 0.0305. The Bertz CT molecular complexity index is 1400. The van der Waals surface area contributed by atoms with Crippen molar-refractivity contribution in [2.45, 2.75) is 13.0 Å². The Kier molecular flexibility index (Phi) is 7.48. The number of ether oxygens (including phenoxy) is 1. The third kappa shape index (κ3) is 6.07. The number of rotatable bonds is 9. The highest BCUT2D eigenvalue weighted by Crippen LogP contribution is 2.34. The van der Waals surface area contributed by atoms with E-state index in [1.54, 1.807) is 6.07 Å². The van der Waals surface area contributed by atoms with Crippen LogP contribution in [0, 0.1) is 0 Å². The van der Waals surface area contributed by atoms with Gasteiger partial charge in [-0.25, -0.2) is 4.79 Å². The van der Waals surface area contributed by atoms with Crippen LogP contribution in [0.15, 0.2) is 88.1 Å². The zero-order chi connectivity index (χ0) is 24.8. The molecule has 0 unspecified atom stereocenters. The number of carbonyl (C=O) groups excluding carboxylic acids is 2. The summed E-state index contributed by atoms with van der Waals surface area (Å²) >= 11 is 6.47. The highest BCUT2D eigenvalue weighted by molar-refractivity contribution is 6.33. The highest BCUT2D eigenvalue weighted by atomic mass is 35.5. The molecule has 0 aliphatic heterocycles. The third-order valence-electron chi connectivity index (χ3n) is 5.43. The smallest absolute Gasteiger partial charge is 0.336 e. The molecule has 178 valence electrons. The van der Waals surface area contributed by atoms with E-state index < -0.39 is 11.5 Å². The fourth-order valence-corrected chi connectivity index (χ4v) is 3.92. The molecule has 7 nitrogen and oxygen atoms in total. The summed E-state index contributed by atoms with van der Waals surface area (Å²) < 4.78 is 11.1. The number of halogens is 1. The topological polar surface area (TPSA) is 103 Å². The molecule has 1 heterocycles. The van der Waals surface area contributed by atoms with Crippen molar-refractivity contribution in [3.05, 3.63) is 99.9 Å². The minimum atomic E-state index is -0.513. The van der Waals surface area contributed by atoms with Crippen molar-refractivity contribution >= 4 is 34.4 Å².